The molecule has 25 heavy (non-hydrogen) atoms. The second kappa shape index (κ2) is 9.43. The monoisotopic (exact) mass is 343 g/mol. The number of carbonyl (C=O) groups excluding carboxylic acids is 1. The molecule has 1 saturated carbocycles. The zero-order chi connectivity index (χ0) is 18.2. The van der Waals surface area contributed by atoms with Crippen LogP contribution in [-0.2, 0) is 11.3 Å². The third-order valence-corrected chi connectivity index (χ3v) is 5.21. The van der Waals surface area contributed by atoms with Crippen LogP contribution in [0.25, 0.3) is 0 Å². The number of benzene rings is 1. The number of nitriles is 1. The zero-order valence-electron chi connectivity index (χ0n) is 15.4. The van der Waals surface area contributed by atoms with Gasteiger partial charge in [-0.05, 0) is 51.6 Å². The third-order valence-electron chi connectivity index (χ3n) is 5.21. The Bertz CT molecular complexity index is 582. The van der Waals surface area contributed by atoms with Gasteiger partial charge in [0.15, 0.2) is 0 Å². The molecule has 3 atom stereocenters. The predicted molar refractivity (Wildman–Crippen MR) is 97.8 cm³/mol. The van der Waals surface area contributed by atoms with Gasteiger partial charge in [-0.3, -0.25) is 0 Å². The summed E-state index contributed by atoms with van der Waals surface area (Å²) in [4.78, 5) is 14.5. The van der Waals surface area contributed by atoms with Crippen molar-refractivity contribution in [2.75, 3.05) is 7.05 Å². The van der Waals surface area contributed by atoms with Crippen molar-refractivity contribution in [1.82, 2.24) is 10.2 Å². The highest BCUT2D eigenvalue weighted by Crippen LogP contribution is 2.30. The van der Waals surface area contributed by atoms with Gasteiger partial charge in [-0.25, -0.2) is 4.79 Å². The smallest absolute Gasteiger partial charge is 0.407 e. The van der Waals surface area contributed by atoms with Crippen LogP contribution in [0.4, 0.5) is 4.79 Å². The Labute approximate surface area is 151 Å². The Morgan fingerprint density at radius 1 is 1.36 bits per heavy atom. The molecule has 0 aromatic heterocycles. The molecule has 1 aliphatic rings. The van der Waals surface area contributed by atoms with Crippen molar-refractivity contribution in [3.8, 4) is 6.07 Å². The van der Waals surface area contributed by atoms with E-state index in [1.54, 1.807) is 0 Å². The minimum atomic E-state index is -0.396. The molecule has 2 rings (SSSR count). The minimum Gasteiger partial charge on any atom is -0.445 e. The molecule has 1 N–H and O–H groups in total. The van der Waals surface area contributed by atoms with Crippen LogP contribution < -0.4 is 5.32 Å². The Hall–Kier alpha value is -2.06. The number of nitrogens with zero attached hydrogens (tertiary/aromatic N) is 2. The van der Waals surface area contributed by atoms with E-state index in [-0.39, 0.29) is 18.6 Å². The lowest BCUT2D eigenvalue weighted by Crippen LogP contribution is -2.49. The third kappa shape index (κ3) is 5.75. The zero-order valence-corrected chi connectivity index (χ0v) is 15.4. The average Bonchev–Trinajstić information content (AvgIpc) is 2.62. The highest BCUT2D eigenvalue weighted by molar-refractivity contribution is 5.67. The Morgan fingerprint density at radius 3 is 2.72 bits per heavy atom. The second-order valence-electron chi connectivity index (χ2n) is 7.16. The lowest BCUT2D eigenvalue weighted by Gasteiger charge is -2.40. The molecule has 5 nitrogen and oxygen atoms in total. The summed E-state index contributed by atoms with van der Waals surface area (Å²) in [5.74, 6) is 0.175. The fraction of sp³-hybridized carbons (Fsp3) is 0.600. The van der Waals surface area contributed by atoms with Gasteiger partial charge in [-0.2, -0.15) is 5.26 Å². The van der Waals surface area contributed by atoms with Crippen LogP contribution in [0.1, 0.15) is 45.1 Å². The first-order valence-electron chi connectivity index (χ1n) is 9.07. The van der Waals surface area contributed by atoms with Crippen molar-refractivity contribution in [3.05, 3.63) is 35.9 Å². The lowest BCUT2D eigenvalue weighted by molar-refractivity contribution is 0.0959. The lowest BCUT2D eigenvalue weighted by atomic mass is 9.79. The van der Waals surface area contributed by atoms with Crippen LogP contribution >= 0.6 is 0 Å². The van der Waals surface area contributed by atoms with E-state index in [1.807, 2.05) is 30.3 Å². The first kappa shape index (κ1) is 19.3. The topological polar surface area (TPSA) is 65.4 Å². The van der Waals surface area contributed by atoms with Gasteiger partial charge in [-0.15, -0.1) is 0 Å². The minimum absolute atomic E-state index is 0.0136. The van der Waals surface area contributed by atoms with E-state index < -0.39 is 6.09 Å². The van der Waals surface area contributed by atoms with Crippen molar-refractivity contribution >= 4 is 6.09 Å². The Balaban J connectivity index is 1.87. The molecular formula is C20H29N3O2. The van der Waals surface area contributed by atoms with Gasteiger partial charge in [0.1, 0.15) is 6.61 Å². The van der Waals surface area contributed by atoms with Crippen LogP contribution in [-0.4, -0.2) is 36.2 Å². The summed E-state index contributed by atoms with van der Waals surface area (Å²) < 4.78 is 5.33. The standard InChI is InChI=1S/C20H29N3O2/c1-15(2)23(3)18-9-10-19(17(13-18)11-12-21)22-20(24)25-14-16-7-5-4-6-8-16/h4-8,15,17-19H,9-11,13-14H2,1-3H3,(H,22,24)/t17-,18-,19+/m1/s1. The molecule has 0 spiro atoms. The highest BCUT2D eigenvalue weighted by atomic mass is 16.5. The number of nitrogens with one attached hydrogen (secondary N) is 1. The molecule has 0 unspecified atom stereocenters. The summed E-state index contributed by atoms with van der Waals surface area (Å²) in [6.07, 6.45) is 2.92. The molecule has 1 fully saturated rings. The molecule has 1 aliphatic carbocycles. The number of alkyl carbamates (subject to hydrolysis) is 1. The van der Waals surface area contributed by atoms with E-state index in [0.29, 0.717) is 18.5 Å². The average molecular weight is 343 g/mol. The van der Waals surface area contributed by atoms with E-state index in [4.69, 9.17) is 10.00 Å². The molecule has 1 amide bonds. The molecule has 0 heterocycles. The summed E-state index contributed by atoms with van der Waals surface area (Å²) in [6.45, 7) is 4.64. The number of carbonyl (C=O) groups is 1. The SMILES string of the molecule is CC(C)N(C)[C@@H]1CC[C@H](NC(=O)OCc2ccccc2)[C@H](CC#N)C1. The van der Waals surface area contributed by atoms with Gasteiger partial charge in [0.25, 0.3) is 0 Å². The fourth-order valence-electron chi connectivity index (χ4n) is 3.48. The summed E-state index contributed by atoms with van der Waals surface area (Å²) in [5, 5.41) is 12.1. The van der Waals surface area contributed by atoms with Gasteiger partial charge in [0, 0.05) is 24.5 Å². The number of rotatable bonds is 6. The van der Waals surface area contributed by atoms with Crippen molar-refractivity contribution in [1.29, 1.82) is 5.26 Å². The van der Waals surface area contributed by atoms with Crippen molar-refractivity contribution in [3.63, 3.8) is 0 Å². The largest absolute Gasteiger partial charge is 0.445 e. The maximum Gasteiger partial charge on any atom is 0.407 e. The molecule has 0 bridgehead atoms. The molecule has 136 valence electrons. The van der Waals surface area contributed by atoms with Crippen LogP contribution in [0.2, 0.25) is 0 Å². The van der Waals surface area contributed by atoms with Gasteiger partial charge < -0.3 is 15.0 Å². The normalized spacial score (nSPS) is 23.3. The van der Waals surface area contributed by atoms with E-state index >= 15 is 0 Å². The number of hydrogen-bond donors (Lipinski definition) is 1. The van der Waals surface area contributed by atoms with Crippen molar-refractivity contribution in [2.45, 2.75) is 64.3 Å². The molecule has 0 saturated heterocycles. The predicted octanol–water partition coefficient (Wildman–Crippen LogP) is 3.70. The van der Waals surface area contributed by atoms with Crippen LogP contribution in [0.3, 0.4) is 0 Å². The number of ether oxygens (including phenoxy) is 1. The second-order valence-corrected chi connectivity index (χ2v) is 7.16. The van der Waals surface area contributed by atoms with Crippen molar-refractivity contribution in [2.24, 2.45) is 5.92 Å². The maximum atomic E-state index is 12.1. The van der Waals surface area contributed by atoms with Crippen molar-refractivity contribution < 1.29 is 9.53 Å². The summed E-state index contributed by atoms with van der Waals surface area (Å²) in [6, 6.07) is 12.9. The number of amides is 1. The molecular weight excluding hydrogens is 314 g/mol. The Kier molecular flexibility index (Phi) is 7.27. The van der Waals surface area contributed by atoms with E-state index in [2.05, 4.69) is 37.2 Å². The Morgan fingerprint density at radius 2 is 2.08 bits per heavy atom. The van der Waals surface area contributed by atoms with E-state index in [0.717, 1.165) is 24.8 Å². The number of hydrogen-bond acceptors (Lipinski definition) is 4. The van der Waals surface area contributed by atoms with Gasteiger partial charge in [0.05, 0.1) is 6.07 Å². The van der Waals surface area contributed by atoms with Crippen LogP contribution in [0.15, 0.2) is 30.3 Å². The van der Waals surface area contributed by atoms with Crippen LogP contribution in [0.5, 0.6) is 0 Å². The fourth-order valence-corrected chi connectivity index (χ4v) is 3.48. The van der Waals surface area contributed by atoms with Gasteiger partial charge in [0.2, 0.25) is 0 Å². The summed E-state index contributed by atoms with van der Waals surface area (Å²) in [7, 11) is 2.14. The van der Waals surface area contributed by atoms with Gasteiger partial charge >= 0.3 is 6.09 Å². The van der Waals surface area contributed by atoms with Gasteiger partial charge in [-0.1, -0.05) is 30.3 Å². The molecule has 1 aromatic carbocycles. The molecule has 0 radical (unpaired) electrons. The molecule has 1 aromatic rings. The van der Waals surface area contributed by atoms with E-state index in [9.17, 15) is 4.79 Å². The molecule has 5 heteroatoms. The molecule has 0 aliphatic heterocycles. The maximum absolute atomic E-state index is 12.1. The summed E-state index contributed by atoms with van der Waals surface area (Å²) >= 11 is 0. The van der Waals surface area contributed by atoms with E-state index in [1.165, 1.54) is 0 Å². The quantitative estimate of drug-likeness (QED) is 0.855. The highest BCUT2D eigenvalue weighted by Gasteiger charge is 2.33. The first-order chi connectivity index (χ1) is 12.0. The summed E-state index contributed by atoms with van der Waals surface area (Å²) in [5.41, 5.74) is 0.966. The van der Waals surface area contributed by atoms with Crippen LogP contribution in [0, 0.1) is 17.2 Å². The first-order valence-corrected chi connectivity index (χ1v) is 9.07.